The lowest BCUT2D eigenvalue weighted by atomic mass is 10.0. The monoisotopic (exact) mass is 335 g/mol. The summed E-state index contributed by atoms with van der Waals surface area (Å²) in [4.78, 5) is 0. The Morgan fingerprint density at radius 2 is 1.90 bits per heavy atom. The number of hydrogen-bond donors (Lipinski definition) is 1. The summed E-state index contributed by atoms with van der Waals surface area (Å²) in [6.07, 6.45) is 3.39. The molecule has 0 aromatic heterocycles. The van der Waals surface area contributed by atoms with Crippen molar-refractivity contribution in [2.45, 2.75) is 32.2 Å². The highest BCUT2D eigenvalue weighted by molar-refractivity contribution is 9.10. The number of unbranched alkanes of at least 4 members (excludes halogenated alkanes) is 1. The van der Waals surface area contributed by atoms with Crippen LogP contribution in [0.4, 0.5) is 10.1 Å². The van der Waals surface area contributed by atoms with Crippen molar-refractivity contribution >= 4 is 21.6 Å². The molecule has 0 fully saturated rings. The van der Waals surface area contributed by atoms with E-state index >= 15 is 0 Å². The molecule has 1 nitrogen and oxygen atoms in total. The van der Waals surface area contributed by atoms with Gasteiger partial charge < -0.3 is 5.32 Å². The molecule has 0 saturated carbocycles. The van der Waals surface area contributed by atoms with Crippen LogP contribution in [0.5, 0.6) is 0 Å². The fraction of sp³-hybridized carbons (Fsp3) is 0.294. The first-order valence-corrected chi connectivity index (χ1v) is 7.76. The van der Waals surface area contributed by atoms with Gasteiger partial charge in [0.15, 0.2) is 0 Å². The molecule has 0 bridgehead atoms. The van der Waals surface area contributed by atoms with Crippen LogP contribution in [-0.4, -0.2) is 0 Å². The van der Waals surface area contributed by atoms with E-state index in [1.54, 1.807) is 12.1 Å². The Balaban J connectivity index is 2.17. The van der Waals surface area contributed by atoms with Gasteiger partial charge in [-0.1, -0.05) is 50.1 Å². The highest BCUT2D eigenvalue weighted by atomic mass is 79.9. The lowest BCUT2D eigenvalue weighted by Crippen LogP contribution is -2.10. The maximum Gasteiger partial charge on any atom is 0.137 e. The van der Waals surface area contributed by atoms with E-state index in [1.807, 2.05) is 6.07 Å². The molecule has 106 valence electrons. The molecule has 2 aromatic rings. The summed E-state index contributed by atoms with van der Waals surface area (Å²) < 4.78 is 13.8. The zero-order chi connectivity index (χ0) is 14.4. The first-order valence-electron chi connectivity index (χ1n) is 6.97. The molecule has 20 heavy (non-hydrogen) atoms. The molecule has 0 spiro atoms. The van der Waals surface area contributed by atoms with Gasteiger partial charge in [0.25, 0.3) is 0 Å². The van der Waals surface area contributed by atoms with Gasteiger partial charge in [-0.2, -0.15) is 0 Å². The maximum atomic E-state index is 13.3. The van der Waals surface area contributed by atoms with E-state index in [0.29, 0.717) is 4.47 Å². The quantitative estimate of drug-likeness (QED) is 0.689. The summed E-state index contributed by atoms with van der Waals surface area (Å²) >= 11 is 3.23. The van der Waals surface area contributed by atoms with Crippen LogP contribution in [0.25, 0.3) is 0 Å². The molecule has 1 N–H and O–H groups in total. The first kappa shape index (κ1) is 15.0. The number of benzene rings is 2. The minimum atomic E-state index is -0.236. The van der Waals surface area contributed by atoms with Crippen LogP contribution in [0.15, 0.2) is 53.0 Å². The van der Waals surface area contributed by atoms with Crippen molar-refractivity contribution in [3.63, 3.8) is 0 Å². The molecule has 0 radical (unpaired) electrons. The zero-order valence-electron chi connectivity index (χ0n) is 11.6. The van der Waals surface area contributed by atoms with Crippen LogP contribution in [0.2, 0.25) is 0 Å². The standard InChI is InChI=1S/C17H19BrFN/c1-2-3-9-17(13-7-5-4-6-8-13)20-14-10-11-16(19)15(18)12-14/h4-8,10-12,17,20H,2-3,9H2,1H3. The van der Waals surface area contributed by atoms with E-state index in [-0.39, 0.29) is 11.9 Å². The topological polar surface area (TPSA) is 12.0 Å². The molecule has 2 aromatic carbocycles. The van der Waals surface area contributed by atoms with Crippen molar-refractivity contribution in [2.75, 3.05) is 5.32 Å². The van der Waals surface area contributed by atoms with Crippen molar-refractivity contribution in [2.24, 2.45) is 0 Å². The van der Waals surface area contributed by atoms with Gasteiger partial charge in [-0.05, 0) is 46.1 Å². The van der Waals surface area contributed by atoms with Gasteiger partial charge in [0.1, 0.15) is 5.82 Å². The SMILES string of the molecule is CCCCC(Nc1ccc(F)c(Br)c1)c1ccccc1. The van der Waals surface area contributed by atoms with Crippen LogP contribution in [0.1, 0.15) is 37.8 Å². The number of rotatable bonds is 6. The molecule has 2 rings (SSSR count). The third-order valence-electron chi connectivity index (χ3n) is 3.31. The van der Waals surface area contributed by atoms with Crippen molar-refractivity contribution in [1.29, 1.82) is 0 Å². The molecule has 0 aliphatic heterocycles. The van der Waals surface area contributed by atoms with E-state index in [0.717, 1.165) is 24.9 Å². The van der Waals surface area contributed by atoms with Crippen LogP contribution in [0.3, 0.4) is 0 Å². The highest BCUT2D eigenvalue weighted by Crippen LogP contribution is 2.27. The van der Waals surface area contributed by atoms with Gasteiger partial charge in [0.05, 0.1) is 10.5 Å². The van der Waals surface area contributed by atoms with Crippen LogP contribution >= 0.6 is 15.9 Å². The molecule has 1 atom stereocenters. The third-order valence-corrected chi connectivity index (χ3v) is 3.92. The summed E-state index contributed by atoms with van der Waals surface area (Å²) in [5.74, 6) is -0.236. The predicted molar refractivity (Wildman–Crippen MR) is 86.4 cm³/mol. The molecular weight excluding hydrogens is 317 g/mol. The lowest BCUT2D eigenvalue weighted by Gasteiger charge is -2.20. The minimum Gasteiger partial charge on any atom is -0.378 e. The molecule has 0 heterocycles. The number of halogens is 2. The second-order valence-corrected chi connectivity index (χ2v) is 5.73. The van der Waals surface area contributed by atoms with E-state index in [2.05, 4.69) is 52.4 Å². The van der Waals surface area contributed by atoms with E-state index < -0.39 is 0 Å². The average molecular weight is 336 g/mol. The van der Waals surface area contributed by atoms with Crippen LogP contribution in [0, 0.1) is 5.82 Å². The van der Waals surface area contributed by atoms with E-state index in [4.69, 9.17) is 0 Å². The van der Waals surface area contributed by atoms with Crippen molar-refractivity contribution in [3.05, 3.63) is 64.4 Å². The Hall–Kier alpha value is -1.35. The van der Waals surface area contributed by atoms with Gasteiger partial charge in [0.2, 0.25) is 0 Å². The second kappa shape index (κ2) is 7.44. The smallest absolute Gasteiger partial charge is 0.137 e. The van der Waals surface area contributed by atoms with Crippen molar-refractivity contribution in [1.82, 2.24) is 0 Å². The fourth-order valence-electron chi connectivity index (χ4n) is 2.20. The van der Waals surface area contributed by atoms with Gasteiger partial charge in [-0.25, -0.2) is 4.39 Å². The molecule has 0 amide bonds. The summed E-state index contributed by atoms with van der Waals surface area (Å²) in [6, 6.07) is 15.7. The lowest BCUT2D eigenvalue weighted by molar-refractivity contribution is 0.619. The normalized spacial score (nSPS) is 12.2. The Bertz CT molecular complexity index is 542. The van der Waals surface area contributed by atoms with Crippen molar-refractivity contribution in [3.8, 4) is 0 Å². The second-order valence-electron chi connectivity index (χ2n) is 4.88. The largest absolute Gasteiger partial charge is 0.378 e. The molecule has 0 saturated heterocycles. The zero-order valence-corrected chi connectivity index (χ0v) is 13.2. The molecule has 3 heteroatoms. The van der Waals surface area contributed by atoms with Gasteiger partial charge in [0, 0.05) is 5.69 Å². The first-order chi connectivity index (χ1) is 9.70. The van der Waals surface area contributed by atoms with E-state index in [9.17, 15) is 4.39 Å². The van der Waals surface area contributed by atoms with Crippen molar-refractivity contribution < 1.29 is 4.39 Å². The van der Waals surface area contributed by atoms with Crippen LogP contribution in [-0.2, 0) is 0 Å². The summed E-state index contributed by atoms with van der Waals surface area (Å²) in [5, 5.41) is 3.50. The molecule has 1 unspecified atom stereocenters. The minimum absolute atomic E-state index is 0.236. The Kier molecular flexibility index (Phi) is 5.60. The van der Waals surface area contributed by atoms with Gasteiger partial charge in [-0.15, -0.1) is 0 Å². The van der Waals surface area contributed by atoms with Crippen LogP contribution < -0.4 is 5.32 Å². The predicted octanol–water partition coefficient (Wildman–Crippen LogP) is 5.93. The van der Waals surface area contributed by atoms with Gasteiger partial charge >= 0.3 is 0 Å². The number of hydrogen-bond acceptors (Lipinski definition) is 1. The summed E-state index contributed by atoms with van der Waals surface area (Å²) in [6.45, 7) is 2.19. The number of nitrogens with one attached hydrogen (secondary N) is 1. The molecule has 0 aliphatic rings. The molecular formula is C17H19BrFN. The van der Waals surface area contributed by atoms with E-state index in [1.165, 1.54) is 11.6 Å². The Morgan fingerprint density at radius 1 is 1.15 bits per heavy atom. The average Bonchev–Trinajstić information content (AvgIpc) is 2.48. The molecule has 0 aliphatic carbocycles. The Morgan fingerprint density at radius 3 is 2.55 bits per heavy atom. The Labute approximate surface area is 128 Å². The highest BCUT2D eigenvalue weighted by Gasteiger charge is 2.11. The maximum absolute atomic E-state index is 13.3. The summed E-state index contributed by atoms with van der Waals surface area (Å²) in [5.41, 5.74) is 2.20. The number of anilines is 1. The summed E-state index contributed by atoms with van der Waals surface area (Å²) in [7, 11) is 0. The van der Waals surface area contributed by atoms with Gasteiger partial charge in [-0.3, -0.25) is 0 Å². The fourth-order valence-corrected chi connectivity index (χ4v) is 2.58. The third kappa shape index (κ3) is 4.07.